The van der Waals surface area contributed by atoms with Crippen LogP contribution in [0, 0.1) is 0 Å². The largest absolute Gasteiger partial charge is 0.496 e. The molecule has 0 bridgehead atoms. The summed E-state index contributed by atoms with van der Waals surface area (Å²) in [5, 5.41) is 4.20. The topological polar surface area (TPSA) is 75.7 Å². The lowest BCUT2D eigenvalue weighted by Gasteiger charge is -2.13. The summed E-state index contributed by atoms with van der Waals surface area (Å²) < 4.78 is 5.28. The molecule has 0 unspecified atom stereocenters. The Morgan fingerprint density at radius 3 is 2.60 bits per heavy atom. The molecule has 3 aromatic rings. The average Bonchev–Trinajstić information content (AvgIpc) is 3.02. The molecule has 1 fully saturated rings. The summed E-state index contributed by atoms with van der Waals surface area (Å²) >= 11 is 0.810. The first kappa shape index (κ1) is 19.7. The molecule has 3 aromatic carbocycles. The number of ether oxygens (including phenoxy) is 1. The van der Waals surface area contributed by atoms with Gasteiger partial charge in [-0.25, -0.2) is 0 Å². The number of nitrogens with zero attached hydrogens (tertiary/aromatic N) is 1. The number of carbonyl (C=O) groups is 3. The van der Waals surface area contributed by atoms with Crippen molar-refractivity contribution in [3.8, 4) is 5.75 Å². The van der Waals surface area contributed by atoms with E-state index in [-0.39, 0.29) is 11.4 Å². The predicted octanol–water partition coefficient (Wildman–Crippen LogP) is 4.52. The summed E-state index contributed by atoms with van der Waals surface area (Å²) in [5.41, 5.74) is 1.32. The maximum Gasteiger partial charge on any atom is 0.294 e. The van der Waals surface area contributed by atoms with Crippen LogP contribution < -0.4 is 10.1 Å². The highest BCUT2D eigenvalue weighted by Gasteiger charge is 2.36. The van der Waals surface area contributed by atoms with Gasteiger partial charge in [0, 0.05) is 16.6 Å². The van der Waals surface area contributed by atoms with E-state index in [1.165, 1.54) is 7.11 Å². The third-order valence-corrected chi connectivity index (χ3v) is 5.57. The molecule has 0 saturated carbocycles. The second kappa shape index (κ2) is 8.42. The smallest absolute Gasteiger partial charge is 0.294 e. The van der Waals surface area contributed by atoms with Crippen LogP contribution in [0.3, 0.4) is 0 Å². The van der Waals surface area contributed by atoms with Gasteiger partial charge in [-0.2, -0.15) is 0 Å². The van der Waals surface area contributed by atoms with Crippen LogP contribution in [-0.2, 0) is 9.59 Å². The summed E-state index contributed by atoms with van der Waals surface area (Å²) in [6.45, 7) is -0.350. The van der Waals surface area contributed by atoms with E-state index in [4.69, 9.17) is 4.74 Å². The molecule has 3 amide bonds. The van der Waals surface area contributed by atoms with Crippen molar-refractivity contribution in [1.82, 2.24) is 4.90 Å². The summed E-state index contributed by atoms with van der Waals surface area (Å²) in [5.74, 6) is -0.339. The third-order valence-electron chi connectivity index (χ3n) is 4.66. The van der Waals surface area contributed by atoms with Crippen LogP contribution in [0.2, 0.25) is 0 Å². The second-order valence-electron chi connectivity index (χ2n) is 6.58. The third kappa shape index (κ3) is 3.92. The normalized spacial score (nSPS) is 15.1. The number of fused-ring (bicyclic) bond motifs is 1. The van der Waals surface area contributed by atoms with Gasteiger partial charge in [-0.1, -0.05) is 54.6 Å². The number of anilines is 1. The molecule has 1 N–H and O–H groups in total. The van der Waals surface area contributed by atoms with E-state index in [1.807, 2.05) is 48.5 Å². The molecule has 1 saturated heterocycles. The molecule has 0 spiro atoms. The Morgan fingerprint density at radius 2 is 1.77 bits per heavy atom. The summed E-state index contributed by atoms with van der Waals surface area (Å²) in [6.07, 6.45) is 1.60. The fourth-order valence-corrected chi connectivity index (χ4v) is 4.06. The Hall–Kier alpha value is -3.58. The highest BCUT2D eigenvalue weighted by atomic mass is 32.2. The quantitative estimate of drug-likeness (QED) is 0.617. The van der Waals surface area contributed by atoms with Crippen molar-refractivity contribution in [3.63, 3.8) is 0 Å². The number of hydrogen-bond acceptors (Lipinski definition) is 5. The lowest BCUT2D eigenvalue weighted by molar-refractivity contribution is -0.127. The zero-order valence-corrected chi connectivity index (χ0v) is 16.9. The second-order valence-corrected chi connectivity index (χ2v) is 7.58. The fourth-order valence-electron chi connectivity index (χ4n) is 3.23. The molecule has 0 atom stereocenters. The number of nitrogens with one attached hydrogen (secondary N) is 1. The summed E-state index contributed by atoms with van der Waals surface area (Å²) in [7, 11) is 1.54. The van der Waals surface area contributed by atoms with E-state index in [2.05, 4.69) is 5.32 Å². The van der Waals surface area contributed by atoms with E-state index in [0.717, 1.165) is 27.4 Å². The van der Waals surface area contributed by atoms with Gasteiger partial charge in [0.1, 0.15) is 12.3 Å². The van der Waals surface area contributed by atoms with Crippen molar-refractivity contribution >= 4 is 51.4 Å². The Morgan fingerprint density at radius 1 is 1.03 bits per heavy atom. The molecular formula is C23H18N2O4S. The zero-order valence-electron chi connectivity index (χ0n) is 16.1. The lowest BCUT2D eigenvalue weighted by Crippen LogP contribution is -2.36. The van der Waals surface area contributed by atoms with Gasteiger partial charge in [-0.15, -0.1) is 0 Å². The first-order chi connectivity index (χ1) is 14.6. The molecule has 7 heteroatoms. The Kier molecular flexibility index (Phi) is 5.54. The first-order valence-corrected chi connectivity index (χ1v) is 10.0. The molecule has 0 aliphatic carbocycles. The molecule has 1 aliphatic rings. The van der Waals surface area contributed by atoms with Crippen molar-refractivity contribution in [3.05, 3.63) is 77.2 Å². The average molecular weight is 418 g/mol. The number of hydrogen-bond donors (Lipinski definition) is 1. The van der Waals surface area contributed by atoms with Gasteiger partial charge in [0.15, 0.2) is 0 Å². The molecule has 1 aliphatic heterocycles. The number of para-hydroxylation sites is 1. The highest BCUT2D eigenvalue weighted by Crippen LogP contribution is 2.34. The minimum Gasteiger partial charge on any atom is -0.496 e. The van der Waals surface area contributed by atoms with Crippen LogP contribution in [0.5, 0.6) is 5.75 Å². The molecule has 6 nitrogen and oxygen atoms in total. The van der Waals surface area contributed by atoms with Gasteiger partial charge >= 0.3 is 0 Å². The number of methoxy groups -OCH3 is 1. The molecule has 0 aromatic heterocycles. The standard InChI is InChI=1S/C23H18N2O4S/c1-29-19-12-5-3-8-16(19)13-20-22(27)25(23(28)30-20)14-21(26)24-18-11-6-9-15-7-2-4-10-17(15)18/h2-13H,14H2,1H3,(H,24,26)/b20-13-. The van der Waals surface area contributed by atoms with Crippen molar-refractivity contribution < 1.29 is 19.1 Å². The monoisotopic (exact) mass is 418 g/mol. The van der Waals surface area contributed by atoms with Gasteiger partial charge in [-0.3, -0.25) is 19.3 Å². The van der Waals surface area contributed by atoms with Crippen molar-refractivity contribution in [2.75, 3.05) is 19.0 Å². The van der Waals surface area contributed by atoms with Gasteiger partial charge in [0.25, 0.3) is 11.1 Å². The lowest BCUT2D eigenvalue weighted by atomic mass is 10.1. The predicted molar refractivity (Wildman–Crippen MR) is 118 cm³/mol. The van der Waals surface area contributed by atoms with Crippen molar-refractivity contribution in [2.24, 2.45) is 0 Å². The van der Waals surface area contributed by atoms with E-state index in [1.54, 1.807) is 24.3 Å². The van der Waals surface area contributed by atoms with Crippen LogP contribution in [0.4, 0.5) is 10.5 Å². The Bertz CT molecular complexity index is 1180. The first-order valence-electron chi connectivity index (χ1n) is 9.23. The molecule has 4 rings (SSSR count). The van der Waals surface area contributed by atoms with Gasteiger partial charge in [0.2, 0.25) is 5.91 Å². The van der Waals surface area contributed by atoms with Gasteiger partial charge < -0.3 is 10.1 Å². The molecule has 30 heavy (non-hydrogen) atoms. The Balaban J connectivity index is 1.51. The van der Waals surface area contributed by atoms with E-state index < -0.39 is 17.1 Å². The maximum atomic E-state index is 12.7. The van der Waals surface area contributed by atoms with Crippen LogP contribution in [-0.4, -0.2) is 35.6 Å². The molecule has 150 valence electrons. The van der Waals surface area contributed by atoms with E-state index >= 15 is 0 Å². The van der Waals surface area contributed by atoms with Crippen molar-refractivity contribution in [2.45, 2.75) is 0 Å². The number of rotatable bonds is 5. The van der Waals surface area contributed by atoms with Gasteiger partial charge in [-0.05, 0) is 35.4 Å². The van der Waals surface area contributed by atoms with Crippen LogP contribution in [0.15, 0.2) is 71.6 Å². The maximum absolute atomic E-state index is 12.7. The van der Waals surface area contributed by atoms with Crippen LogP contribution >= 0.6 is 11.8 Å². The van der Waals surface area contributed by atoms with Crippen LogP contribution in [0.25, 0.3) is 16.8 Å². The van der Waals surface area contributed by atoms with Crippen LogP contribution in [0.1, 0.15) is 5.56 Å². The zero-order chi connectivity index (χ0) is 21.1. The number of benzene rings is 3. The number of carbonyl (C=O) groups excluding carboxylic acids is 3. The minimum absolute atomic E-state index is 0.252. The van der Waals surface area contributed by atoms with Gasteiger partial charge in [0.05, 0.1) is 12.0 Å². The number of imide groups is 1. The fraction of sp³-hybridized carbons (Fsp3) is 0.0870. The number of thioether (sulfide) groups is 1. The highest BCUT2D eigenvalue weighted by molar-refractivity contribution is 8.18. The minimum atomic E-state index is -0.496. The molecule has 1 heterocycles. The molecular weight excluding hydrogens is 400 g/mol. The summed E-state index contributed by atoms with van der Waals surface area (Å²) in [6, 6.07) is 20.4. The van der Waals surface area contributed by atoms with E-state index in [9.17, 15) is 14.4 Å². The number of amides is 3. The van der Waals surface area contributed by atoms with Crippen molar-refractivity contribution in [1.29, 1.82) is 0 Å². The SMILES string of the molecule is COc1ccccc1/C=C1\SC(=O)N(CC(=O)Nc2cccc3ccccc23)C1=O. The van der Waals surface area contributed by atoms with E-state index in [0.29, 0.717) is 17.0 Å². The molecule has 0 radical (unpaired) electrons. The Labute approximate surface area is 177 Å². The summed E-state index contributed by atoms with van der Waals surface area (Å²) in [4.78, 5) is 38.8.